The molecule has 1 aliphatic rings. The van der Waals surface area contributed by atoms with Crippen LogP contribution in [0.3, 0.4) is 0 Å². The van der Waals surface area contributed by atoms with E-state index in [4.69, 9.17) is 25.5 Å². The molecule has 0 fully saturated rings. The lowest BCUT2D eigenvalue weighted by molar-refractivity contribution is 0.0700. The van der Waals surface area contributed by atoms with Crippen molar-refractivity contribution in [1.29, 1.82) is 0 Å². The fraction of sp³-hybridized carbons (Fsp3) is 0.0476. The molecule has 0 radical (unpaired) electrons. The van der Waals surface area contributed by atoms with E-state index in [0.29, 0.717) is 27.6 Å². The minimum Gasteiger partial charge on any atom is -0.457 e. The fourth-order valence-electron chi connectivity index (χ4n) is 2.77. The first-order valence-electron chi connectivity index (χ1n) is 8.12. The van der Waals surface area contributed by atoms with Crippen molar-refractivity contribution in [3.8, 4) is 11.5 Å². The van der Waals surface area contributed by atoms with Crippen molar-refractivity contribution < 1.29 is 23.5 Å². The average molecular weight is 381 g/mol. The maximum Gasteiger partial charge on any atom is 0.379 e. The SMILES string of the molecule is Cc1c(OC(=O)c2ccco2)ccc2c1O/C(=C\c1cccc(Cl)c1)C2=O. The van der Waals surface area contributed by atoms with E-state index in [0.717, 1.165) is 5.56 Å². The van der Waals surface area contributed by atoms with Gasteiger partial charge in [-0.1, -0.05) is 23.7 Å². The van der Waals surface area contributed by atoms with Crippen LogP contribution < -0.4 is 9.47 Å². The quantitative estimate of drug-likeness (QED) is 0.360. The lowest BCUT2D eigenvalue weighted by atomic mass is 10.1. The van der Waals surface area contributed by atoms with Crippen LogP contribution in [0.5, 0.6) is 11.5 Å². The molecule has 5 nitrogen and oxygen atoms in total. The normalized spacial score (nSPS) is 14.1. The summed E-state index contributed by atoms with van der Waals surface area (Å²) in [5.74, 6) is 0.0855. The second kappa shape index (κ2) is 6.78. The second-order valence-electron chi connectivity index (χ2n) is 5.93. The Kier molecular flexibility index (Phi) is 4.30. The van der Waals surface area contributed by atoms with Gasteiger partial charge in [0, 0.05) is 10.6 Å². The highest BCUT2D eigenvalue weighted by Crippen LogP contribution is 2.39. The Morgan fingerprint density at radius 1 is 1.15 bits per heavy atom. The van der Waals surface area contributed by atoms with Gasteiger partial charge in [-0.3, -0.25) is 4.79 Å². The van der Waals surface area contributed by atoms with Crippen molar-refractivity contribution in [2.24, 2.45) is 0 Å². The Bertz CT molecular complexity index is 1080. The second-order valence-corrected chi connectivity index (χ2v) is 6.36. The summed E-state index contributed by atoms with van der Waals surface area (Å²) in [6.07, 6.45) is 3.02. The van der Waals surface area contributed by atoms with Crippen molar-refractivity contribution in [2.75, 3.05) is 0 Å². The highest BCUT2D eigenvalue weighted by molar-refractivity contribution is 6.30. The molecule has 6 heteroatoms. The summed E-state index contributed by atoms with van der Waals surface area (Å²) < 4.78 is 16.1. The molecule has 0 amide bonds. The number of furan rings is 1. The number of hydrogen-bond donors (Lipinski definition) is 0. The summed E-state index contributed by atoms with van der Waals surface area (Å²) in [6, 6.07) is 13.3. The van der Waals surface area contributed by atoms with Crippen LogP contribution in [0.15, 0.2) is 65.0 Å². The molecule has 0 N–H and O–H groups in total. The molecule has 0 atom stereocenters. The Balaban J connectivity index is 1.64. The van der Waals surface area contributed by atoms with Gasteiger partial charge in [0.05, 0.1) is 11.8 Å². The van der Waals surface area contributed by atoms with Gasteiger partial charge in [0.1, 0.15) is 11.5 Å². The summed E-state index contributed by atoms with van der Waals surface area (Å²) in [5, 5.41) is 0.565. The van der Waals surface area contributed by atoms with Gasteiger partial charge in [0.15, 0.2) is 5.76 Å². The lowest BCUT2D eigenvalue weighted by Gasteiger charge is -2.09. The van der Waals surface area contributed by atoms with Crippen LogP contribution in [0.25, 0.3) is 6.08 Å². The Hall–Kier alpha value is -3.31. The number of Topliss-reactive ketones (excluding diaryl/α,β-unsaturated/α-hetero) is 1. The van der Waals surface area contributed by atoms with Gasteiger partial charge < -0.3 is 13.9 Å². The van der Waals surface area contributed by atoms with Crippen molar-refractivity contribution in [1.82, 2.24) is 0 Å². The van der Waals surface area contributed by atoms with Crippen molar-refractivity contribution in [3.05, 3.63) is 88.0 Å². The standard InChI is InChI=1S/C21H13ClO5/c1-12-16(27-21(24)17-6-3-9-25-17)8-7-15-19(23)18(26-20(12)15)11-13-4-2-5-14(22)10-13/h2-11H,1H3/b18-11-. The Morgan fingerprint density at radius 3 is 2.74 bits per heavy atom. The van der Waals surface area contributed by atoms with Crippen molar-refractivity contribution in [3.63, 3.8) is 0 Å². The van der Waals surface area contributed by atoms with Crippen LogP contribution in [0.4, 0.5) is 0 Å². The first kappa shape index (κ1) is 17.1. The van der Waals surface area contributed by atoms with E-state index in [2.05, 4.69) is 0 Å². The third kappa shape index (κ3) is 3.25. The van der Waals surface area contributed by atoms with Crippen LogP contribution in [-0.4, -0.2) is 11.8 Å². The van der Waals surface area contributed by atoms with E-state index in [1.807, 2.05) is 6.07 Å². The van der Waals surface area contributed by atoms with E-state index >= 15 is 0 Å². The molecule has 0 spiro atoms. The first-order valence-corrected chi connectivity index (χ1v) is 8.50. The highest BCUT2D eigenvalue weighted by Gasteiger charge is 2.30. The number of carbonyl (C=O) groups excluding carboxylic acids is 2. The molecule has 1 aromatic heterocycles. The summed E-state index contributed by atoms with van der Waals surface area (Å²) in [6.45, 7) is 1.72. The molecule has 0 unspecified atom stereocenters. The van der Waals surface area contributed by atoms with E-state index in [9.17, 15) is 9.59 Å². The first-order chi connectivity index (χ1) is 13.0. The minimum absolute atomic E-state index is 0.0911. The third-order valence-corrected chi connectivity index (χ3v) is 4.34. The van der Waals surface area contributed by atoms with Crippen LogP contribution in [0.2, 0.25) is 5.02 Å². The molecule has 4 rings (SSSR count). The highest BCUT2D eigenvalue weighted by atomic mass is 35.5. The number of hydrogen-bond acceptors (Lipinski definition) is 5. The summed E-state index contributed by atoms with van der Waals surface area (Å²) in [7, 11) is 0. The molecule has 2 aromatic carbocycles. The van der Waals surface area contributed by atoms with Crippen LogP contribution >= 0.6 is 11.6 Å². The maximum atomic E-state index is 12.6. The number of benzene rings is 2. The molecule has 3 aromatic rings. The van der Waals surface area contributed by atoms with E-state index in [1.165, 1.54) is 12.3 Å². The number of esters is 1. The molecular weight excluding hydrogens is 368 g/mol. The van der Waals surface area contributed by atoms with Gasteiger partial charge in [0.25, 0.3) is 0 Å². The number of ketones is 1. The average Bonchev–Trinajstić information content (AvgIpc) is 3.28. The van der Waals surface area contributed by atoms with Crippen molar-refractivity contribution in [2.45, 2.75) is 6.92 Å². The van der Waals surface area contributed by atoms with Gasteiger partial charge >= 0.3 is 5.97 Å². The number of fused-ring (bicyclic) bond motifs is 1. The number of ether oxygens (including phenoxy) is 2. The fourth-order valence-corrected chi connectivity index (χ4v) is 2.97. The Labute approximate surface area is 159 Å². The summed E-state index contributed by atoms with van der Waals surface area (Å²) in [4.78, 5) is 24.7. The zero-order valence-corrected chi connectivity index (χ0v) is 14.9. The molecule has 0 bridgehead atoms. The smallest absolute Gasteiger partial charge is 0.379 e. The predicted octanol–water partition coefficient (Wildman–Crippen LogP) is 5.08. The maximum absolute atomic E-state index is 12.6. The van der Waals surface area contributed by atoms with Crippen LogP contribution in [-0.2, 0) is 0 Å². The van der Waals surface area contributed by atoms with Crippen molar-refractivity contribution >= 4 is 29.4 Å². The molecular formula is C21H13ClO5. The minimum atomic E-state index is -0.623. The topological polar surface area (TPSA) is 65.7 Å². The molecule has 0 saturated carbocycles. The van der Waals surface area contributed by atoms with Gasteiger partial charge in [-0.15, -0.1) is 0 Å². The number of halogens is 1. The van der Waals surface area contributed by atoms with Gasteiger partial charge in [0.2, 0.25) is 11.5 Å². The predicted molar refractivity (Wildman–Crippen MR) is 99.2 cm³/mol. The zero-order valence-electron chi connectivity index (χ0n) is 14.2. The zero-order chi connectivity index (χ0) is 19.0. The third-order valence-electron chi connectivity index (χ3n) is 4.11. The van der Waals surface area contributed by atoms with Gasteiger partial charge in [-0.05, 0) is 55.0 Å². The molecule has 0 aliphatic carbocycles. The molecule has 1 aliphatic heterocycles. The van der Waals surface area contributed by atoms with E-state index < -0.39 is 5.97 Å². The van der Waals surface area contributed by atoms with Gasteiger partial charge in [-0.2, -0.15) is 0 Å². The number of carbonyl (C=O) groups is 2. The number of allylic oxidation sites excluding steroid dienone is 1. The van der Waals surface area contributed by atoms with Crippen LogP contribution in [0, 0.1) is 6.92 Å². The molecule has 0 saturated heterocycles. The number of rotatable bonds is 3. The lowest BCUT2D eigenvalue weighted by Crippen LogP contribution is -2.08. The largest absolute Gasteiger partial charge is 0.457 e. The molecule has 27 heavy (non-hydrogen) atoms. The van der Waals surface area contributed by atoms with E-state index in [1.54, 1.807) is 49.4 Å². The van der Waals surface area contributed by atoms with Gasteiger partial charge in [-0.25, -0.2) is 4.79 Å². The Morgan fingerprint density at radius 2 is 2.00 bits per heavy atom. The molecule has 134 valence electrons. The van der Waals surface area contributed by atoms with Crippen LogP contribution in [0.1, 0.15) is 32.0 Å². The molecule has 2 heterocycles. The summed E-state index contributed by atoms with van der Waals surface area (Å²) >= 11 is 5.98. The summed E-state index contributed by atoms with van der Waals surface area (Å²) in [5.41, 5.74) is 1.72. The monoisotopic (exact) mass is 380 g/mol. The van der Waals surface area contributed by atoms with E-state index in [-0.39, 0.29) is 17.3 Å².